The maximum Gasteiger partial charge on any atom is 0.330 e. The molecule has 8 nitrogen and oxygen atoms in total. The topological polar surface area (TPSA) is 128 Å². The van der Waals surface area contributed by atoms with Gasteiger partial charge in [-0.25, -0.2) is 4.79 Å². The van der Waals surface area contributed by atoms with Crippen LogP contribution >= 0.6 is 0 Å². The Morgan fingerprint density at radius 2 is 2.35 bits per heavy atom. The molecule has 0 aliphatic carbocycles. The summed E-state index contributed by atoms with van der Waals surface area (Å²) in [5.74, 6) is 0. The maximum atomic E-state index is 11.7. The molecule has 1 unspecified atom stereocenters. The van der Waals surface area contributed by atoms with E-state index in [2.05, 4.69) is 4.98 Å². The van der Waals surface area contributed by atoms with E-state index in [-0.39, 0.29) is 12.8 Å². The third-order valence-electron chi connectivity index (χ3n) is 3.27. The molecule has 1 aliphatic heterocycles. The van der Waals surface area contributed by atoms with Gasteiger partial charge in [0.2, 0.25) is 0 Å². The van der Waals surface area contributed by atoms with E-state index >= 15 is 0 Å². The second-order valence-electron chi connectivity index (χ2n) is 4.77. The fraction of sp³-hybridized carbons (Fsp3) is 0.583. The molecule has 4 atom stereocenters. The Balaban J connectivity index is 2.25. The molecule has 2 heterocycles. The predicted molar refractivity (Wildman–Crippen MR) is 66.8 cm³/mol. The number of nitriles is 1. The van der Waals surface area contributed by atoms with Gasteiger partial charge in [0.15, 0.2) is 0 Å². The van der Waals surface area contributed by atoms with Crippen LogP contribution in [0.3, 0.4) is 0 Å². The molecule has 1 aromatic rings. The summed E-state index contributed by atoms with van der Waals surface area (Å²) in [5.41, 5.74) is -0.789. The van der Waals surface area contributed by atoms with Crippen LogP contribution in [-0.2, 0) is 4.74 Å². The van der Waals surface area contributed by atoms with Crippen molar-refractivity contribution < 1.29 is 14.9 Å². The lowest BCUT2D eigenvalue weighted by Gasteiger charge is -2.19. The molecule has 0 radical (unpaired) electrons. The van der Waals surface area contributed by atoms with E-state index in [0.29, 0.717) is 5.56 Å². The average Bonchev–Trinajstić information content (AvgIpc) is 2.76. The minimum Gasteiger partial charge on any atom is -0.390 e. The maximum absolute atomic E-state index is 11.7. The van der Waals surface area contributed by atoms with Crippen molar-refractivity contribution in [3.63, 3.8) is 0 Å². The molecule has 1 fully saturated rings. The number of H-pyrrole nitrogens is 1. The summed E-state index contributed by atoms with van der Waals surface area (Å²) in [7, 11) is 0. The van der Waals surface area contributed by atoms with Crippen molar-refractivity contribution in [2.45, 2.75) is 44.3 Å². The molecule has 3 N–H and O–H groups in total. The van der Waals surface area contributed by atoms with Crippen LogP contribution in [0.2, 0.25) is 0 Å². The molecule has 1 aromatic heterocycles. The number of aryl methyl sites for hydroxylation is 1. The number of ether oxygens (including phenoxy) is 1. The van der Waals surface area contributed by atoms with Crippen LogP contribution in [0.1, 0.15) is 24.6 Å². The zero-order valence-corrected chi connectivity index (χ0v) is 10.8. The van der Waals surface area contributed by atoms with Crippen molar-refractivity contribution in [1.29, 1.82) is 5.26 Å². The minimum atomic E-state index is -1.13. The highest BCUT2D eigenvalue weighted by Gasteiger charge is 2.39. The van der Waals surface area contributed by atoms with E-state index in [1.165, 1.54) is 10.8 Å². The van der Waals surface area contributed by atoms with Gasteiger partial charge < -0.3 is 14.9 Å². The van der Waals surface area contributed by atoms with E-state index < -0.39 is 35.8 Å². The summed E-state index contributed by atoms with van der Waals surface area (Å²) in [6, 6.07) is 1.79. The van der Waals surface area contributed by atoms with Gasteiger partial charge >= 0.3 is 5.69 Å². The van der Waals surface area contributed by atoms with Gasteiger partial charge in [0.05, 0.1) is 24.7 Å². The van der Waals surface area contributed by atoms with E-state index in [1.54, 1.807) is 13.0 Å². The summed E-state index contributed by atoms with van der Waals surface area (Å²) in [6.45, 7) is 1.54. The van der Waals surface area contributed by atoms with Crippen LogP contribution < -0.4 is 11.2 Å². The molecule has 2 rings (SSSR count). The molecule has 0 spiro atoms. The third-order valence-corrected chi connectivity index (χ3v) is 3.27. The van der Waals surface area contributed by atoms with E-state index in [9.17, 15) is 19.8 Å². The van der Waals surface area contributed by atoms with Crippen molar-refractivity contribution in [1.82, 2.24) is 9.55 Å². The van der Waals surface area contributed by atoms with E-state index in [0.717, 1.165) is 0 Å². The van der Waals surface area contributed by atoms with Crippen molar-refractivity contribution in [2.24, 2.45) is 0 Å². The SMILES string of the molecule is Cc1cn([C@H]2C[C@H](O)[C@@H](C(O)CC#N)O2)c(=O)[nH]c1=O. The molecule has 1 saturated heterocycles. The first-order chi connectivity index (χ1) is 9.43. The van der Waals surface area contributed by atoms with Gasteiger partial charge in [-0.1, -0.05) is 0 Å². The molecule has 8 heteroatoms. The highest BCUT2D eigenvalue weighted by atomic mass is 16.5. The smallest absolute Gasteiger partial charge is 0.330 e. The normalized spacial score (nSPS) is 27.2. The second-order valence-corrected chi connectivity index (χ2v) is 4.77. The van der Waals surface area contributed by atoms with Crippen LogP contribution in [0.15, 0.2) is 15.8 Å². The van der Waals surface area contributed by atoms with Crippen molar-refractivity contribution in [3.8, 4) is 6.07 Å². The molecule has 108 valence electrons. The van der Waals surface area contributed by atoms with Crippen LogP contribution in [0, 0.1) is 18.3 Å². The lowest BCUT2D eigenvalue weighted by Crippen LogP contribution is -2.35. The summed E-state index contributed by atoms with van der Waals surface area (Å²) < 4.78 is 6.61. The highest BCUT2D eigenvalue weighted by molar-refractivity contribution is 5.02. The number of aliphatic hydroxyl groups is 2. The quantitative estimate of drug-likeness (QED) is 0.636. The van der Waals surface area contributed by atoms with Crippen LogP contribution in [0.25, 0.3) is 0 Å². The molecule has 0 aromatic carbocycles. The molecule has 20 heavy (non-hydrogen) atoms. The Morgan fingerprint density at radius 1 is 1.65 bits per heavy atom. The van der Waals surface area contributed by atoms with Gasteiger partial charge in [-0.15, -0.1) is 0 Å². The Morgan fingerprint density at radius 3 is 3.00 bits per heavy atom. The Labute approximate surface area is 113 Å². The molecular formula is C12H15N3O5. The average molecular weight is 281 g/mol. The number of aromatic amines is 1. The van der Waals surface area contributed by atoms with E-state index in [1.807, 2.05) is 0 Å². The van der Waals surface area contributed by atoms with Gasteiger partial charge in [0.1, 0.15) is 12.3 Å². The van der Waals surface area contributed by atoms with Gasteiger partial charge in [-0.3, -0.25) is 14.3 Å². The Hall–Kier alpha value is -1.95. The number of hydrogen-bond donors (Lipinski definition) is 3. The first kappa shape index (κ1) is 14.5. The lowest BCUT2D eigenvalue weighted by atomic mass is 10.1. The predicted octanol–water partition coefficient (Wildman–Crippen LogP) is -1.23. The van der Waals surface area contributed by atoms with Gasteiger partial charge in [-0.2, -0.15) is 5.26 Å². The highest BCUT2D eigenvalue weighted by Crippen LogP contribution is 2.30. The number of hydrogen-bond acceptors (Lipinski definition) is 6. The van der Waals surface area contributed by atoms with Gasteiger partial charge in [0.25, 0.3) is 5.56 Å². The van der Waals surface area contributed by atoms with Gasteiger partial charge in [0, 0.05) is 18.2 Å². The molecular weight excluding hydrogens is 266 g/mol. The first-order valence-electron chi connectivity index (χ1n) is 6.14. The van der Waals surface area contributed by atoms with Gasteiger partial charge in [-0.05, 0) is 6.92 Å². The lowest BCUT2D eigenvalue weighted by molar-refractivity contribution is -0.0814. The fourth-order valence-electron chi connectivity index (χ4n) is 2.20. The van der Waals surface area contributed by atoms with Crippen molar-refractivity contribution >= 4 is 0 Å². The second kappa shape index (κ2) is 5.58. The number of aromatic nitrogens is 2. The fourth-order valence-corrected chi connectivity index (χ4v) is 2.20. The van der Waals surface area contributed by atoms with E-state index in [4.69, 9.17) is 10.00 Å². The molecule has 0 bridgehead atoms. The zero-order valence-electron chi connectivity index (χ0n) is 10.8. The third kappa shape index (κ3) is 2.65. The summed E-state index contributed by atoms with van der Waals surface area (Å²) >= 11 is 0. The largest absolute Gasteiger partial charge is 0.390 e. The molecule has 0 saturated carbocycles. The zero-order chi connectivity index (χ0) is 14.9. The Kier molecular flexibility index (Phi) is 4.04. The molecule has 1 aliphatic rings. The monoisotopic (exact) mass is 281 g/mol. The summed E-state index contributed by atoms with van der Waals surface area (Å²) in [4.78, 5) is 25.2. The van der Waals surface area contributed by atoms with Crippen LogP contribution in [0.4, 0.5) is 0 Å². The summed E-state index contributed by atoms with van der Waals surface area (Å²) in [6.07, 6.45) is -2.56. The van der Waals surface area contributed by atoms with Crippen molar-refractivity contribution in [3.05, 3.63) is 32.6 Å². The standard InChI is InChI=1S/C12H15N3O5/c1-6-5-15(12(19)14-11(6)18)9-4-8(17)10(20-9)7(16)2-3-13/h5,7-10,16-17H,2,4H2,1H3,(H,14,18,19)/t7?,8-,9+,10+/m0/s1. The minimum absolute atomic E-state index is 0.0958. The number of nitrogens with zero attached hydrogens (tertiary/aromatic N) is 2. The van der Waals surface area contributed by atoms with Crippen LogP contribution in [-0.4, -0.2) is 38.1 Å². The Bertz CT molecular complexity index is 644. The van der Waals surface area contributed by atoms with Crippen molar-refractivity contribution in [2.75, 3.05) is 0 Å². The summed E-state index contributed by atoms with van der Waals surface area (Å²) in [5, 5.41) is 28.1. The number of aliphatic hydroxyl groups excluding tert-OH is 2. The number of nitrogens with one attached hydrogen (secondary N) is 1. The molecule has 0 amide bonds. The first-order valence-corrected chi connectivity index (χ1v) is 6.14. The van der Waals surface area contributed by atoms with Crippen LogP contribution in [0.5, 0.6) is 0 Å². The number of rotatable bonds is 3.